The first kappa shape index (κ1) is 21.8. The molecule has 1 N–H and O–H groups in total. The zero-order chi connectivity index (χ0) is 22.3. The summed E-state index contributed by atoms with van der Waals surface area (Å²) >= 11 is 0. The van der Waals surface area contributed by atoms with E-state index in [9.17, 15) is 4.79 Å². The van der Waals surface area contributed by atoms with Gasteiger partial charge < -0.3 is 19.7 Å². The van der Waals surface area contributed by atoms with Gasteiger partial charge >= 0.3 is 0 Å². The van der Waals surface area contributed by atoms with Gasteiger partial charge in [-0.1, -0.05) is 36.4 Å². The highest BCUT2D eigenvalue weighted by Crippen LogP contribution is 2.34. The fraction of sp³-hybridized carbons (Fsp3) is 0.308. The number of benzene rings is 2. The number of carbonyl (C=O) groups excluding carboxylic acids is 1. The number of methoxy groups -OCH3 is 1. The highest BCUT2D eigenvalue weighted by molar-refractivity contribution is 5.78. The Bertz CT molecular complexity index is 1040. The first-order chi connectivity index (χ1) is 15.6. The predicted octanol–water partition coefficient (Wildman–Crippen LogP) is 3.84. The largest absolute Gasteiger partial charge is 0.496 e. The van der Waals surface area contributed by atoms with Gasteiger partial charge in [0.15, 0.2) is 0 Å². The van der Waals surface area contributed by atoms with E-state index in [1.165, 1.54) is 0 Å². The summed E-state index contributed by atoms with van der Waals surface area (Å²) in [6.07, 6.45) is 2.05. The number of nitrogens with one attached hydrogen (secondary N) is 1. The number of amides is 1. The van der Waals surface area contributed by atoms with Crippen LogP contribution in [0.2, 0.25) is 0 Å². The first-order valence-corrected chi connectivity index (χ1v) is 10.9. The molecular weight excluding hydrogens is 402 g/mol. The first-order valence-electron chi connectivity index (χ1n) is 10.9. The van der Waals surface area contributed by atoms with Crippen molar-refractivity contribution in [1.29, 1.82) is 0 Å². The van der Waals surface area contributed by atoms with Crippen LogP contribution in [0, 0.1) is 0 Å². The van der Waals surface area contributed by atoms with Gasteiger partial charge in [0.2, 0.25) is 5.91 Å². The zero-order valence-corrected chi connectivity index (χ0v) is 18.6. The van der Waals surface area contributed by atoms with Gasteiger partial charge in [-0.15, -0.1) is 0 Å². The monoisotopic (exact) mass is 431 g/mol. The van der Waals surface area contributed by atoms with Crippen molar-refractivity contribution in [2.24, 2.45) is 0 Å². The van der Waals surface area contributed by atoms with Gasteiger partial charge in [0.25, 0.3) is 0 Å². The topological polar surface area (TPSA) is 63.7 Å². The number of nitrogens with zero attached hydrogens (tertiary/aromatic N) is 2. The van der Waals surface area contributed by atoms with Crippen molar-refractivity contribution < 1.29 is 14.3 Å². The van der Waals surface area contributed by atoms with E-state index in [0.29, 0.717) is 12.6 Å². The second kappa shape index (κ2) is 10.3. The molecule has 166 valence electrons. The van der Waals surface area contributed by atoms with Gasteiger partial charge in [-0.3, -0.25) is 9.78 Å². The van der Waals surface area contributed by atoms with E-state index in [1.807, 2.05) is 42.5 Å². The number of morpholine rings is 1. The molecule has 6 nitrogen and oxygen atoms in total. The number of carbonyl (C=O) groups is 1. The Balaban J connectivity index is 1.42. The lowest BCUT2D eigenvalue weighted by molar-refractivity contribution is -0.120. The van der Waals surface area contributed by atoms with Gasteiger partial charge in [-0.05, 0) is 30.7 Å². The Morgan fingerprint density at radius 3 is 2.75 bits per heavy atom. The van der Waals surface area contributed by atoms with Gasteiger partial charge in [-0.25, -0.2) is 0 Å². The molecule has 1 fully saturated rings. The third kappa shape index (κ3) is 5.26. The maximum atomic E-state index is 12.3. The highest BCUT2D eigenvalue weighted by atomic mass is 16.5. The second-order valence-electron chi connectivity index (χ2n) is 7.98. The molecular formula is C26H29N3O3. The Morgan fingerprint density at radius 1 is 1.19 bits per heavy atom. The molecule has 0 aliphatic carbocycles. The zero-order valence-electron chi connectivity index (χ0n) is 18.6. The van der Waals surface area contributed by atoms with Crippen LogP contribution >= 0.6 is 0 Å². The molecule has 1 atom stereocenters. The van der Waals surface area contributed by atoms with Crippen molar-refractivity contribution in [3.63, 3.8) is 0 Å². The van der Waals surface area contributed by atoms with Gasteiger partial charge in [0.1, 0.15) is 5.75 Å². The van der Waals surface area contributed by atoms with Crippen molar-refractivity contribution in [2.75, 3.05) is 31.8 Å². The molecule has 0 radical (unpaired) electrons. The minimum atomic E-state index is -0.0457. The number of rotatable bonds is 7. The third-order valence-corrected chi connectivity index (χ3v) is 5.69. The molecule has 0 saturated carbocycles. The van der Waals surface area contributed by atoms with Gasteiger partial charge in [-0.2, -0.15) is 0 Å². The van der Waals surface area contributed by atoms with Gasteiger partial charge in [0.05, 0.1) is 26.7 Å². The normalized spacial score (nSPS) is 15.9. The average Bonchev–Trinajstić information content (AvgIpc) is 2.84. The Labute approximate surface area is 189 Å². The van der Waals surface area contributed by atoms with E-state index in [4.69, 9.17) is 9.47 Å². The van der Waals surface area contributed by atoms with Crippen LogP contribution in [0.4, 0.5) is 5.69 Å². The fourth-order valence-electron chi connectivity index (χ4n) is 3.92. The van der Waals surface area contributed by atoms with Crippen LogP contribution in [-0.4, -0.2) is 43.8 Å². The molecule has 1 saturated heterocycles. The standard InChI is InChI=1S/C26H29N3O3/c1-19-18-32-13-12-29(19)23-10-11-24(25(15-23)31-2)21-8-9-22(27-17-21)14-26(30)28-16-20-6-4-3-5-7-20/h3-11,15,17,19H,12-14,16,18H2,1-2H3,(H,28,30)/t19-/m0/s1. The van der Waals surface area contributed by atoms with Crippen LogP contribution in [0.25, 0.3) is 11.1 Å². The third-order valence-electron chi connectivity index (χ3n) is 5.69. The van der Waals surface area contributed by atoms with E-state index >= 15 is 0 Å². The number of aromatic nitrogens is 1. The Kier molecular flexibility index (Phi) is 7.02. The van der Waals surface area contributed by atoms with E-state index in [1.54, 1.807) is 13.3 Å². The van der Waals surface area contributed by atoms with Crippen molar-refractivity contribution in [3.05, 3.63) is 78.1 Å². The molecule has 2 aromatic carbocycles. The highest BCUT2D eigenvalue weighted by Gasteiger charge is 2.20. The Hall–Kier alpha value is -3.38. The summed E-state index contributed by atoms with van der Waals surface area (Å²) in [4.78, 5) is 19.1. The van der Waals surface area contributed by atoms with Gasteiger partial charge in [0, 0.05) is 53.9 Å². The number of ether oxygens (including phenoxy) is 2. The summed E-state index contributed by atoms with van der Waals surface area (Å²) in [7, 11) is 1.68. The maximum Gasteiger partial charge on any atom is 0.226 e. The van der Waals surface area contributed by atoms with Crippen molar-refractivity contribution in [2.45, 2.75) is 25.9 Å². The van der Waals surface area contributed by atoms with E-state index in [-0.39, 0.29) is 12.3 Å². The quantitative estimate of drug-likeness (QED) is 0.616. The SMILES string of the molecule is COc1cc(N2CCOC[C@@H]2C)ccc1-c1ccc(CC(=O)NCc2ccccc2)nc1. The Morgan fingerprint density at radius 2 is 2.03 bits per heavy atom. The summed E-state index contributed by atoms with van der Waals surface area (Å²) in [5, 5.41) is 2.94. The van der Waals surface area contributed by atoms with E-state index in [0.717, 1.165) is 53.6 Å². The second-order valence-corrected chi connectivity index (χ2v) is 7.98. The van der Waals surface area contributed by atoms with Crippen LogP contribution in [0.1, 0.15) is 18.2 Å². The summed E-state index contributed by atoms with van der Waals surface area (Å²) in [6, 6.07) is 20.3. The molecule has 0 unspecified atom stereocenters. The molecule has 1 amide bonds. The van der Waals surface area contributed by atoms with Crippen LogP contribution < -0.4 is 15.0 Å². The average molecular weight is 432 g/mol. The van der Waals surface area contributed by atoms with Crippen molar-refractivity contribution >= 4 is 11.6 Å². The fourth-order valence-corrected chi connectivity index (χ4v) is 3.92. The summed E-state index contributed by atoms with van der Waals surface area (Å²) < 4.78 is 11.2. The van der Waals surface area contributed by atoms with Crippen LogP contribution in [0.15, 0.2) is 66.9 Å². The molecule has 4 rings (SSSR count). The smallest absolute Gasteiger partial charge is 0.226 e. The molecule has 3 aromatic rings. The van der Waals surface area contributed by atoms with Crippen LogP contribution in [0.5, 0.6) is 5.75 Å². The molecule has 1 aliphatic heterocycles. The molecule has 0 spiro atoms. The lowest BCUT2D eigenvalue weighted by Gasteiger charge is -2.35. The number of hydrogen-bond acceptors (Lipinski definition) is 5. The molecule has 6 heteroatoms. The predicted molar refractivity (Wildman–Crippen MR) is 126 cm³/mol. The number of hydrogen-bond donors (Lipinski definition) is 1. The maximum absolute atomic E-state index is 12.3. The molecule has 2 heterocycles. The minimum Gasteiger partial charge on any atom is -0.496 e. The summed E-state index contributed by atoms with van der Waals surface area (Å²) in [5.41, 5.74) is 4.87. The molecule has 32 heavy (non-hydrogen) atoms. The molecule has 1 aliphatic rings. The van der Waals surface area contributed by atoms with Crippen LogP contribution in [0.3, 0.4) is 0 Å². The number of anilines is 1. The van der Waals surface area contributed by atoms with E-state index in [2.05, 4.69) is 40.3 Å². The van der Waals surface area contributed by atoms with Crippen molar-refractivity contribution in [1.82, 2.24) is 10.3 Å². The van der Waals surface area contributed by atoms with Crippen molar-refractivity contribution in [3.8, 4) is 16.9 Å². The van der Waals surface area contributed by atoms with E-state index < -0.39 is 0 Å². The molecule has 1 aromatic heterocycles. The van der Waals surface area contributed by atoms with Crippen LogP contribution in [-0.2, 0) is 22.5 Å². The number of pyridine rings is 1. The summed E-state index contributed by atoms with van der Waals surface area (Å²) in [5.74, 6) is 0.756. The lowest BCUT2D eigenvalue weighted by Crippen LogP contribution is -2.43. The summed E-state index contributed by atoms with van der Waals surface area (Å²) in [6.45, 7) is 5.01. The minimum absolute atomic E-state index is 0.0457. The molecule has 0 bridgehead atoms. The lowest BCUT2D eigenvalue weighted by atomic mass is 10.0.